The summed E-state index contributed by atoms with van der Waals surface area (Å²) in [6.07, 6.45) is 1.05. The molecule has 0 aliphatic rings. The van der Waals surface area contributed by atoms with Gasteiger partial charge in [-0.05, 0) is 35.9 Å². The highest BCUT2D eigenvalue weighted by molar-refractivity contribution is 6.31. The van der Waals surface area contributed by atoms with E-state index in [9.17, 15) is 27.2 Å². The van der Waals surface area contributed by atoms with Gasteiger partial charge in [-0.3, -0.25) is 14.2 Å². The summed E-state index contributed by atoms with van der Waals surface area (Å²) in [6, 6.07) is 6.00. The summed E-state index contributed by atoms with van der Waals surface area (Å²) in [5.41, 5.74) is -1.52. The van der Waals surface area contributed by atoms with E-state index in [0.29, 0.717) is 10.6 Å². The molecule has 33 heavy (non-hydrogen) atoms. The van der Waals surface area contributed by atoms with E-state index in [1.54, 1.807) is 0 Å². The number of nitrogens with one attached hydrogen (secondary N) is 1. The quantitative estimate of drug-likeness (QED) is 0.493. The SMILES string of the molecule is COCC(=O)NCc1cc(F)c(-n2ccc(OCc3ccc(F)cc3F)c(Cl)c2=O)c(F)c1. The van der Waals surface area contributed by atoms with Crippen molar-refractivity contribution in [1.29, 1.82) is 0 Å². The van der Waals surface area contributed by atoms with E-state index in [1.807, 2.05) is 0 Å². The molecule has 0 aliphatic heterocycles. The molecule has 0 bridgehead atoms. The van der Waals surface area contributed by atoms with E-state index in [2.05, 4.69) is 10.1 Å². The van der Waals surface area contributed by atoms with Crippen LogP contribution in [-0.4, -0.2) is 24.2 Å². The highest BCUT2D eigenvalue weighted by atomic mass is 35.5. The molecule has 0 atom stereocenters. The molecule has 2 aromatic carbocycles. The molecular formula is C22H17ClF4N2O4. The molecule has 0 radical (unpaired) electrons. The molecule has 0 fully saturated rings. The predicted molar refractivity (Wildman–Crippen MR) is 111 cm³/mol. The maximum absolute atomic E-state index is 14.6. The Bertz CT molecular complexity index is 1230. The normalized spacial score (nSPS) is 10.8. The van der Waals surface area contributed by atoms with Gasteiger partial charge in [-0.1, -0.05) is 11.6 Å². The highest BCUT2D eigenvalue weighted by Crippen LogP contribution is 2.25. The number of carbonyl (C=O) groups is 1. The van der Waals surface area contributed by atoms with Crippen LogP contribution in [0.1, 0.15) is 11.1 Å². The molecule has 0 aliphatic carbocycles. The zero-order valence-corrected chi connectivity index (χ0v) is 17.9. The number of pyridine rings is 1. The third kappa shape index (κ3) is 5.71. The molecule has 3 aromatic rings. The Morgan fingerprint density at radius 2 is 1.76 bits per heavy atom. The van der Waals surface area contributed by atoms with Gasteiger partial charge in [0, 0.05) is 31.5 Å². The lowest BCUT2D eigenvalue weighted by Gasteiger charge is -2.14. The van der Waals surface area contributed by atoms with Crippen molar-refractivity contribution in [3.8, 4) is 11.4 Å². The average molecular weight is 485 g/mol. The van der Waals surface area contributed by atoms with Crippen molar-refractivity contribution in [2.45, 2.75) is 13.2 Å². The molecule has 11 heteroatoms. The van der Waals surface area contributed by atoms with Gasteiger partial charge < -0.3 is 14.8 Å². The van der Waals surface area contributed by atoms with Crippen LogP contribution in [0.2, 0.25) is 5.02 Å². The van der Waals surface area contributed by atoms with Gasteiger partial charge in [0.05, 0.1) is 0 Å². The van der Waals surface area contributed by atoms with E-state index in [-0.39, 0.29) is 36.6 Å². The second-order valence-corrected chi connectivity index (χ2v) is 7.19. The van der Waals surface area contributed by atoms with Crippen LogP contribution >= 0.6 is 11.6 Å². The maximum atomic E-state index is 14.6. The molecule has 1 amide bonds. The molecule has 0 unspecified atom stereocenters. The molecule has 6 nitrogen and oxygen atoms in total. The summed E-state index contributed by atoms with van der Waals surface area (Å²) in [5.74, 6) is -4.36. The molecule has 1 N–H and O–H groups in total. The minimum absolute atomic E-state index is 0.0157. The van der Waals surface area contributed by atoms with Crippen molar-refractivity contribution in [2.24, 2.45) is 0 Å². The maximum Gasteiger partial charge on any atom is 0.277 e. The first-order valence-electron chi connectivity index (χ1n) is 9.43. The fourth-order valence-corrected chi connectivity index (χ4v) is 3.12. The molecule has 3 rings (SSSR count). The first-order chi connectivity index (χ1) is 15.7. The minimum atomic E-state index is -1.06. The number of carbonyl (C=O) groups excluding carboxylic acids is 1. The second-order valence-electron chi connectivity index (χ2n) is 6.81. The van der Waals surface area contributed by atoms with E-state index in [0.717, 1.165) is 24.4 Å². The van der Waals surface area contributed by atoms with Crippen LogP contribution in [-0.2, 0) is 22.7 Å². The van der Waals surface area contributed by atoms with Crippen LogP contribution < -0.4 is 15.6 Å². The lowest BCUT2D eigenvalue weighted by molar-refractivity contribution is -0.124. The highest BCUT2D eigenvalue weighted by Gasteiger charge is 2.18. The second kappa shape index (κ2) is 10.5. The number of methoxy groups -OCH3 is 1. The van der Waals surface area contributed by atoms with Crippen molar-refractivity contribution in [1.82, 2.24) is 9.88 Å². The van der Waals surface area contributed by atoms with Gasteiger partial charge in [-0.25, -0.2) is 17.6 Å². The minimum Gasteiger partial charge on any atom is -0.487 e. The van der Waals surface area contributed by atoms with E-state index < -0.39 is 45.4 Å². The summed E-state index contributed by atoms with van der Waals surface area (Å²) < 4.78 is 66.7. The number of benzene rings is 2. The Kier molecular flexibility index (Phi) is 7.72. The molecule has 1 heterocycles. The van der Waals surface area contributed by atoms with Gasteiger partial charge in [-0.2, -0.15) is 0 Å². The van der Waals surface area contributed by atoms with Crippen LogP contribution in [0.15, 0.2) is 47.4 Å². The molecule has 0 saturated heterocycles. The van der Waals surface area contributed by atoms with Crippen molar-refractivity contribution >= 4 is 17.5 Å². The summed E-state index contributed by atoms with van der Waals surface area (Å²) in [4.78, 5) is 24.0. The van der Waals surface area contributed by atoms with Gasteiger partial charge >= 0.3 is 0 Å². The van der Waals surface area contributed by atoms with Gasteiger partial charge in [-0.15, -0.1) is 0 Å². The van der Waals surface area contributed by atoms with Gasteiger partial charge in [0.1, 0.15) is 41.3 Å². The third-order valence-electron chi connectivity index (χ3n) is 4.48. The molecule has 1 aromatic heterocycles. The number of ether oxygens (including phenoxy) is 2. The third-order valence-corrected chi connectivity index (χ3v) is 4.83. The number of halogens is 5. The van der Waals surface area contributed by atoms with Crippen molar-refractivity contribution in [2.75, 3.05) is 13.7 Å². The molecule has 174 valence electrons. The van der Waals surface area contributed by atoms with Crippen LogP contribution in [0.5, 0.6) is 5.75 Å². The predicted octanol–water partition coefficient (Wildman–Crippen LogP) is 3.89. The van der Waals surface area contributed by atoms with Crippen LogP contribution in [0.25, 0.3) is 5.69 Å². The van der Waals surface area contributed by atoms with Crippen LogP contribution in [0, 0.1) is 23.3 Å². The van der Waals surface area contributed by atoms with Crippen LogP contribution in [0.3, 0.4) is 0 Å². The zero-order chi connectivity index (χ0) is 24.1. The summed E-state index contributed by atoms with van der Waals surface area (Å²) in [7, 11) is 1.33. The van der Waals surface area contributed by atoms with Gasteiger partial charge in [0.15, 0.2) is 11.6 Å². The summed E-state index contributed by atoms with van der Waals surface area (Å²) in [5, 5.41) is 1.93. The van der Waals surface area contributed by atoms with Crippen LogP contribution in [0.4, 0.5) is 17.6 Å². The first-order valence-corrected chi connectivity index (χ1v) is 9.81. The number of nitrogens with zero attached hydrogens (tertiary/aromatic N) is 1. The van der Waals surface area contributed by atoms with Gasteiger partial charge in [0.25, 0.3) is 5.56 Å². The van der Waals surface area contributed by atoms with Crippen molar-refractivity contribution < 1.29 is 31.8 Å². The summed E-state index contributed by atoms with van der Waals surface area (Å²) in [6.45, 7) is -0.723. The topological polar surface area (TPSA) is 69.6 Å². The van der Waals surface area contributed by atoms with Gasteiger partial charge in [0.2, 0.25) is 5.91 Å². The zero-order valence-electron chi connectivity index (χ0n) is 17.1. The Labute approximate surface area is 190 Å². The Balaban J connectivity index is 1.83. The average Bonchev–Trinajstić information content (AvgIpc) is 2.75. The Morgan fingerprint density at radius 3 is 2.39 bits per heavy atom. The lowest BCUT2D eigenvalue weighted by atomic mass is 10.1. The smallest absolute Gasteiger partial charge is 0.277 e. The standard InChI is InChI=1S/C22H17ClF4N2O4/c1-32-11-19(30)28-9-12-6-16(26)21(17(27)7-12)29-5-4-18(20(23)22(29)31)33-10-13-2-3-14(24)8-15(13)25/h2-8H,9-11H2,1H3,(H,28,30). The fraction of sp³-hybridized carbons (Fsp3) is 0.182. The van der Waals surface area contributed by atoms with Crippen molar-refractivity contribution in [3.05, 3.63) is 92.4 Å². The van der Waals surface area contributed by atoms with E-state index in [1.165, 1.54) is 19.2 Å². The number of hydrogen-bond donors (Lipinski definition) is 1. The number of rotatable bonds is 8. The molecule has 0 saturated carbocycles. The molecular weight excluding hydrogens is 468 g/mol. The monoisotopic (exact) mass is 484 g/mol. The van der Waals surface area contributed by atoms with E-state index in [4.69, 9.17) is 16.3 Å². The fourth-order valence-electron chi connectivity index (χ4n) is 2.91. The number of aromatic nitrogens is 1. The Morgan fingerprint density at radius 1 is 1.06 bits per heavy atom. The summed E-state index contributed by atoms with van der Waals surface area (Å²) >= 11 is 6.01. The number of hydrogen-bond acceptors (Lipinski definition) is 4. The largest absolute Gasteiger partial charge is 0.487 e. The lowest BCUT2D eigenvalue weighted by Crippen LogP contribution is -2.27. The van der Waals surface area contributed by atoms with Crippen molar-refractivity contribution in [3.63, 3.8) is 0 Å². The van der Waals surface area contributed by atoms with E-state index >= 15 is 0 Å². The first kappa shape index (κ1) is 24.3. The Hall–Kier alpha value is -3.37. The molecule has 0 spiro atoms. The number of amides is 1.